The van der Waals surface area contributed by atoms with E-state index in [4.69, 9.17) is 16.3 Å². The van der Waals surface area contributed by atoms with E-state index >= 15 is 0 Å². The van der Waals surface area contributed by atoms with Gasteiger partial charge in [0.25, 0.3) is 0 Å². The number of hydrogen-bond acceptors (Lipinski definition) is 4. The molecule has 0 fully saturated rings. The SMILES string of the molecule is COc1ccc(NC(=O)CN(Cc2cccc(Cl)c2)S(=O)(=O)c2ccc(C)cc2)cc1. The Morgan fingerprint density at radius 3 is 2.32 bits per heavy atom. The molecule has 1 N–H and O–H groups in total. The van der Waals surface area contributed by atoms with Crippen LogP contribution in [0.25, 0.3) is 0 Å². The molecule has 3 rings (SSSR count). The summed E-state index contributed by atoms with van der Waals surface area (Å²) in [5.74, 6) is 0.199. The Hall–Kier alpha value is -2.87. The number of ether oxygens (including phenoxy) is 1. The first-order valence-electron chi connectivity index (χ1n) is 9.53. The van der Waals surface area contributed by atoms with Crippen molar-refractivity contribution in [1.29, 1.82) is 0 Å². The van der Waals surface area contributed by atoms with Gasteiger partial charge in [-0.3, -0.25) is 4.79 Å². The molecule has 3 aromatic rings. The second kappa shape index (κ2) is 9.96. The normalized spacial score (nSPS) is 11.4. The lowest BCUT2D eigenvalue weighted by atomic mass is 10.2. The number of methoxy groups -OCH3 is 1. The molecule has 0 saturated carbocycles. The Bertz CT molecular complexity index is 1150. The fraction of sp³-hybridized carbons (Fsp3) is 0.174. The van der Waals surface area contributed by atoms with E-state index in [1.165, 1.54) is 12.1 Å². The summed E-state index contributed by atoms with van der Waals surface area (Å²) in [6.07, 6.45) is 0. The number of halogens is 1. The van der Waals surface area contributed by atoms with Gasteiger partial charge in [-0.25, -0.2) is 8.42 Å². The fourth-order valence-electron chi connectivity index (χ4n) is 2.96. The van der Waals surface area contributed by atoms with Crippen LogP contribution in [0.1, 0.15) is 11.1 Å². The van der Waals surface area contributed by atoms with Crippen LogP contribution in [0.3, 0.4) is 0 Å². The van der Waals surface area contributed by atoms with Crippen molar-refractivity contribution in [1.82, 2.24) is 4.31 Å². The third-order valence-corrected chi connectivity index (χ3v) is 6.64. The number of nitrogens with zero attached hydrogens (tertiary/aromatic N) is 1. The van der Waals surface area contributed by atoms with Crippen molar-refractivity contribution in [2.75, 3.05) is 19.0 Å². The van der Waals surface area contributed by atoms with Crippen molar-refractivity contribution in [3.63, 3.8) is 0 Å². The van der Waals surface area contributed by atoms with Crippen molar-refractivity contribution in [2.24, 2.45) is 0 Å². The Labute approximate surface area is 187 Å². The second-order valence-electron chi connectivity index (χ2n) is 6.99. The molecular weight excluding hydrogens is 436 g/mol. The Balaban J connectivity index is 1.85. The molecule has 0 aliphatic carbocycles. The smallest absolute Gasteiger partial charge is 0.243 e. The van der Waals surface area contributed by atoms with Gasteiger partial charge in [0.15, 0.2) is 0 Å². The third kappa shape index (κ3) is 6.07. The number of nitrogens with one attached hydrogen (secondary N) is 1. The Morgan fingerprint density at radius 2 is 1.71 bits per heavy atom. The van der Waals surface area contributed by atoms with Gasteiger partial charge in [-0.15, -0.1) is 0 Å². The second-order valence-corrected chi connectivity index (χ2v) is 9.37. The maximum absolute atomic E-state index is 13.3. The van der Waals surface area contributed by atoms with E-state index in [2.05, 4.69) is 5.32 Å². The van der Waals surface area contributed by atoms with E-state index < -0.39 is 15.9 Å². The first-order valence-corrected chi connectivity index (χ1v) is 11.3. The van der Waals surface area contributed by atoms with Crippen LogP contribution in [0.4, 0.5) is 5.69 Å². The maximum atomic E-state index is 13.3. The van der Waals surface area contributed by atoms with Gasteiger partial charge in [-0.1, -0.05) is 41.4 Å². The van der Waals surface area contributed by atoms with E-state index in [9.17, 15) is 13.2 Å². The van der Waals surface area contributed by atoms with Crippen LogP contribution in [0.15, 0.2) is 77.7 Å². The van der Waals surface area contributed by atoms with Gasteiger partial charge in [0.1, 0.15) is 5.75 Å². The molecule has 0 spiro atoms. The highest BCUT2D eigenvalue weighted by atomic mass is 35.5. The molecule has 162 valence electrons. The van der Waals surface area contributed by atoms with Crippen molar-refractivity contribution in [2.45, 2.75) is 18.4 Å². The summed E-state index contributed by atoms with van der Waals surface area (Å²) in [5, 5.41) is 3.22. The average Bonchev–Trinajstić information content (AvgIpc) is 2.74. The summed E-state index contributed by atoms with van der Waals surface area (Å²) in [7, 11) is -2.36. The van der Waals surface area contributed by atoms with Gasteiger partial charge in [-0.05, 0) is 61.0 Å². The lowest BCUT2D eigenvalue weighted by molar-refractivity contribution is -0.116. The molecule has 0 unspecified atom stereocenters. The zero-order valence-corrected chi connectivity index (χ0v) is 18.8. The van der Waals surface area contributed by atoms with Crippen LogP contribution in [0.2, 0.25) is 5.02 Å². The number of benzene rings is 3. The van der Waals surface area contributed by atoms with Gasteiger partial charge in [-0.2, -0.15) is 4.31 Å². The molecule has 31 heavy (non-hydrogen) atoms. The lowest BCUT2D eigenvalue weighted by Crippen LogP contribution is -2.37. The average molecular weight is 459 g/mol. The predicted octanol–water partition coefficient (Wildman–Crippen LogP) is 4.49. The number of anilines is 1. The highest BCUT2D eigenvalue weighted by Crippen LogP contribution is 2.21. The number of rotatable bonds is 8. The number of sulfonamides is 1. The minimum absolute atomic E-state index is 0.00675. The summed E-state index contributed by atoms with van der Waals surface area (Å²) >= 11 is 6.06. The predicted molar refractivity (Wildman–Crippen MR) is 122 cm³/mol. The van der Waals surface area contributed by atoms with Crippen molar-refractivity contribution in [3.05, 3.63) is 88.9 Å². The van der Waals surface area contributed by atoms with Crippen LogP contribution in [0.5, 0.6) is 5.75 Å². The van der Waals surface area contributed by atoms with Gasteiger partial charge in [0.2, 0.25) is 15.9 Å². The monoisotopic (exact) mass is 458 g/mol. The van der Waals surface area contributed by atoms with Gasteiger partial charge in [0, 0.05) is 17.3 Å². The molecule has 0 atom stereocenters. The van der Waals surface area contributed by atoms with Gasteiger partial charge >= 0.3 is 0 Å². The molecule has 0 heterocycles. The molecule has 8 heteroatoms. The highest BCUT2D eigenvalue weighted by Gasteiger charge is 2.27. The van der Waals surface area contributed by atoms with Gasteiger partial charge in [0.05, 0.1) is 18.6 Å². The molecule has 0 saturated heterocycles. The number of aryl methyl sites for hydroxylation is 1. The number of amides is 1. The van der Waals surface area contributed by atoms with Crippen molar-refractivity contribution >= 4 is 33.2 Å². The number of hydrogen-bond donors (Lipinski definition) is 1. The minimum atomic E-state index is -3.92. The third-order valence-electron chi connectivity index (χ3n) is 4.60. The largest absolute Gasteiger partial charge is 0.497 e. The molecule has 3 aromatic carbocycles. The van der Waals surface area contributed by atoms with E-state index in [1.54, 1.807) is 67.8 Å². The quantitative estimate of drug-likeness (QED) is 0.539. The van der Waals surface area contributed by atoms with Crippen LogP contribution in [0, 0.1) is 6.92 Å². The summed E-state index contributed by atoms with van der Waals surface area (Å²) in [6.45, 7) is 1.53. The molecule has 0 aliphatic rings. The van der Waals surface area contributed by atoms with E-state index in [0.29, 0.717) is 22.0 Å². The Morgan fingerprint density at radius 1 is 1.03 bits per heavy atom. The summed E-state index contributed by atoms with van der Waals surface area (Å²) in [4.78, 5) is 12.8. The topological polar surface area (TPSA) is 75.7 Å². The van der Waals surface area contributed by atoms with Crippen LogP contribution < -0.4 is 10.1 Å². The standard InChI is InChI=1S/C23H23ClN2O4S/c1-17-6-12-22(13-7-17)31(28,29)26(15-18-4-3-5-19(24)14-18)16-23(27)25-20-8-10-21(30-2)11-9-20/h3-14H,15-16H2,1-2H3,(H,25,27). The summed E-state index contributed by atoms with van der Waals surface area (Å²) in [5.41, 5.74) is 2.17. The van der Waals surface area contributed by atoms with E-state index in [-0.39, 0.29) is 18.0 Å². The molecule has 6 nitrogen and oxygen atoms in total. The van der Waals surface area contributed by atoms with Gasteiger partial charge < -0.3 is 10.1 Å². The zero-order chi connectivity index (χ0) is 22.4. The summed E-state index contributed by atoms with van der Waals surface area (Å²) in [6, 6.07) is 20.2. The van der Waals surface area contributed by atoms with E-state index in [1.807, 2.05) is 6.92 Å². The molecule has 0 radical (unpaired) electrons. The number of carbonyl (C=O) groups excluding carboxylic acids is 1. The number of carbonyl (C=O) groups is 1. The lowest BCUT2D eigenvalue weighted by Gasteiger charge is -2.22. The zero-order valence-electron chi connectivity index (χ0n) is 17.2. The van der Waals surface area contributed by atoms with Crippen LogP contribution >= 0.6 is 11.6 Å². The van der Waals surface area contributed by atoms with Crippen LogP contribution in [-0.2, 0) is 21.4 Å². The Kier molecular flexibility index (Phi) is 7.33. The maximum Gasteiger partial charge on any atom is 0.243 e. The van der Waals surface area contributed by atoms with E-state index in [0.717, 1.165) is 9.87 Å². The van der Waals surface area contributed by atoms with Crippen molar-refractivity contribution < 1.29 is 17.9 Å². The highest BCUT2D eigenvalue weighted by molar-refractivity contribution is 7.89. The fourth-order valence-corrected chi connectivity index (χ4v) is 4.56. The molecule has 0 aliphatic heterocycles. The van der Waals surface area contributed by atoms with Crippen molar-refractivity contribution in [3.8, 4) is 5.75 Å². The summed E-state index contributed by atoms with van der Waals surface area (Å²) < 4.78 is 32.8. The first kappa shape index (κ1) is 22.8. The molecule has 0 bridgehead atoms. The first-order chi connectivity index (χ1) is 14.8. The minimum Gasteiger partial charge on any atom is -0.497 e. The van der Waals surface area contributed by atoms with Crippen LogP contribution in [-0.4, -0.2) is 32.3 Å². The molecular formula is C23H23ClN2O4S. The molecule has 0 aromatic heterocycles. The molecule has 1 amide bonds.